The van der Waals surface area contributed by atoms with Crippen molar-refractivity contribution in [1.29, 1.82) is 0 Å². The zero-order chi connectivity index (χ0) is 47.6. The second-order valence-corrected chi connectivity index (χ2v) is 17.4. The summed E-state index contributed by atoms with van der Waals surface area (Å²) in [5, 5.41) is 9.68. The highest BCUT2D eigenvalue weighted by molar-refractivity contribution is 5.34. The summed E-state index contributed by atoms with van der Waals surface area (Å²) in [4.78, 5) is 29.4. The summed E-state index contributed by atoms with van der Waals surface area (Å²) in [6.07, 6.45) is 15.6. The highest BCUT2D eigenvalue weighted by atomic mass is 16.5. The van der Waals surface area contributed by atoms with Gasteiger partial charge in [-0.3, -0.25) is 0 Å². The van der Waals surface area contributed by atoms with E-state index in [1.807, 2.05) is 30.3 Å². The van der Waals surface area contributed by atoms with Gasteiger partial charge in [0.1, 0.15) is 12.1 Å². The number of nitrogens with zero attached hydrogens (tertiary/aromatic N) is 8. The van der Waals surface area contributed by atoms with E-state index in [2.05, 4.69) is 155 Å². The predicted molar refractivity (Wildman–Crippen MR) is 273 cm³/mol. The van der Waals surface area contributed by atoms with Gasteiger partial charge < -0.3 is 40.0 Å². The van der Waals surface area contributed by atoms with E-state index in [9.17, 15) is 0 Å². The van der Waals surface area contributed by atoms with Crippen molar-refractivity contribution in [1.82, 2.24) is 39.7 Å². The summed E-state index contributed by atoms with van der Waals surface area (Å²) in [6, 6.07) is 41.1. The van der Waals surface area contributed by atoms with Crippen LogP contribution in [-0.2, 0) is 60.3 Å². The first-order valence-corrected chi connectivity index (χ1v) is 24.0. The van der Waals surface area contributed by atoms with Crippen LogP contribution in [0, 0.1) is 0 Å². The lowest BCUT2D eigenvalue weighted by atomic mass is 10.1. The van der Waals surface area contributed by atoms with Gasteiger partial charge >= 0.3 is 0 Å². The predicted octanol–water partition coefficient (Wildman–Crippen LogP) is 9.20. The topological polar surface area (TPSA) is 148 Å². The standard InChI is InChI=1S/C19H19N3O.2C18H24N4O/c1-2-5-17(6-3-1)14-23-15-18-9-7-16(8-10-18)13-22-19-20-11-4-12-21-19;1-22-11-7-17(8-12-22)23-14-16-5-3-15(4-6-16)13-21-18-19-9-2-10-20-18;1-22-10-7-17(8-11-22)23-13-16-4-2-15(3-5-16)12-20-18-6-9-19-14-21-18/h1-12H,13-15H2,(H,20,21,22);2-6,9-10,17H,7-8,11-14H2,1H3,(H,19,20,21);2-6,9,14,17H,7-8,10-13H2,1H3,(H,19,20,21). The van der Waals surface area contributed by atoms with Gasteiger partial charge in [-0.05, 0) is 96.9 Å². The van der Waals surface area contributed by atoms with E-state index in [-0.39, 0.29) is 0 Å². The van der Waals surface area contributed by atoms with Gasteiger partial charge in [0.25, 0.3) is 0 Å². The molecule has 5 heterocycles. The Morgan fingerprint density at radius 2 is 0.812 bits per heavy atom. The first-order chi connectivity index (χ1) is 34.0. The first kappa shape index (κ1) is 50.2. The molecule has 0 aliphatic carbocycles. The van der Waals surface area contributed by atoms with Crippen molar-refractivity contribution >= 4 is 17.7 Å². The Morgan fingerprint density at radius 1 is 0.420 bits per heavy atom. The van der Waals surface area contributed by atoms with Crippen molar-refractivity contribution in [3.05, 3.63) is 198 Å². The van der Waals surface area contributed by atoms with Crippen molar-refractivity contribution in [2.45, 2.75) is 84.0 Å². The largest absolute Gasteiger partial charge is 0.373 e. The van der Waals surface area contributed by atoms with E-state index in [4.69, 9.17) is 14.2 Å². The Kier molecular flexibility index (Phi) is 20.8. The van der Waals surface area contributed by atoms with Gasteiger partial charge in [0.05, 0.1) is 38.6 Å². The molecule has 0 bridgehead atoms. The molecule has 69 heavy (non-hydrogen) atoms. The van der Waals surface area contributed by atoms with Crippen LogP contribution in [0.4, 0.5) is 17.7 Å². The zero-order valence-electron chi connectivity index (χ0n) is 40.1. The quantitative estimate of drug-likeness (QED) is 0.0708. The summed E-state index contributed by atoms with van der Waals surface area (Å²) in [5.41, 5.74) is 8.44. The fraction of sp³-hybridized carbons (Fsp3) is 0.345. The lowest BCUT2D eigenvalue weighted by Gasteiger charge is -2.28. The lowest BCUT2D eigenvalue weighted by Crippen LogP contribution is -2.34. The van der Waals surface area contributed by atoms with Crippen LogP contribution in [-0.4, -0.2) is 92.2 Å². The average molecular weight is 930 g/mol. The number of aromatic nitrogens is 6. The molecule has 2 fully saturated rings. The maximum atomic E-state index is 6.03. The minimum Gasteiger partial charge on any atom is -0.373 e. The molecule has 0 radical (unpaired) electrons. The van der Waals surface area contributed by atoms with Crippen LogP contribution in [0.2, 0.25) is 0 Å². The maximum absolute atomic E-state index is 6.03. The number of rotatable bonds is 19. The van der Waals surface area contributed by atoms with Gasteiger partial charge in [0.15, 0.2) is 0 Å². The zero-order valence-corrected chi connectivity index (χ0v) is 40.1. The molecule has 14 heteroatoms. The van der Waals surface area contributed by atoms with Crippen LogP contribution in [0.1, 0.15) is 64.6 Å². The molecule has 0 saturated carbocycles. The summed E-state index contributed by atoms with van der Waals surface area (Å²) < 4.78 is 17.8. The van der Waals surface area contributed by atoms with Crippen LogP contribution < -0.4 is 16.0 Å². The van der Waals surface area contributed by atoms with Crippen molar-refractivity contribution in [2.75, 3.05) is 56.2 Å². The molecule has 9 rings (SSSR count). The Labute approximate surface area is 408 Å². The highest BCUT2D eigenvalue weighted by Crippen LogP contribution is 2.17. The molecule has 0 unspecified atom stereocenters. The Hall–Kier alpha value is -6.68. The highest BCUT2D eigenvalue weighted by Gasteiger charge is 2.18. The van der Waals surface area contributed by atoms with Crippen LogP contribution in [0.3, 0.4) is 0 Å². The van der Waals surface area contributed by atoms with Crippen molar-refractivity contribution < 1.29 is 14.2 Å². The van der Waals surface area contributed by atoms with E-state index < -0.39 is 0 Å². The third kappa shape index (κ3) is 19.1. The van der Waals surface area contributed by atoms with Crippen LogP contribution in [0.15, 0.2) is 159 Å². The summed E-state index contributed by atoms with van der Waals surface area (Å²) >= 11 is 0. The van der Waals surface area contributed by atoms with Gasteiger partial charge in [-0.2, -0.15) is 0 Å². The molecule has 14 nitrogen and oxygen atoms in total. The van der Waals surface area contributed by atoms with Crippen LogP contribution in [0.25, 0.3) is 0 Å². The Bertz CT molecular complexity index is 2300. The molecular formula is C55H67N11O3. The third-order valence-electron chi connectivity index (χ3n) is 11.8. The van der Waals surface area contributed by atoms with Crippen LogP contribution in [0.5, 0.6) is 0 Å². The molecule has 2 saturated heterocycles. The molecular weight excluding hydrogens is 863 g/mol. The van der Waals surface area contributed by atoms with Gasteiger partial charge in [-0.25, -0.2) is 29.9 Å². The van der Waals surface area contributed by atoms with Gasteiger partial charge in [0, 0.05) is 76.8 Å². The van der Waals surface area contributed by atoms with Crippen LogP contribution >= 0.6 is 0 Å². The number of nitrogens with one attached hydrogen (secondary N) is 3. The van der Waals surface area contributed by atoms with E-state index in [0.717, 1.165) is 70.8 Å². The number of piperidine rings is 2. The summed E-state index contributed by atoms with van der Waals surface area (Å²) in [6.45, 7) is 9.38. The molecule has 2 aliphatic heterocycles. The van der Waals surface area contributed by atoms with Gasteiger partial charge in [-0.15, -0.1) is 0 Å². The SMILES string of the molecule is CN1CCC(OCc2ccc(CNc3ccncn3)cc2)CC1.CN1CCC(OCc2ccc(CNc3ncccn3)cc2)CC1.c1ccc(COCc2ccc(CNc3ncccn3)cc2)cc1. The minimum atomic E-state index is 0.405. The fourth-order valence-corrected chi connectivity index (χ4v) is 7.58. The summed E-state index contributed by atoms with van der Waals surface area (Å²) in [7, 11) is 4.34. The lowest BCUT2D eigenvalue weighted by molar-refractivity contribution is 0.00205. The normalized spacial score (nSPS) is 14.4. The molecule has 0 spiro atoms. The number of benzene rings is 4. The number of anilines is 3. The Balaban J connectivity index is 0.000000153. The first-order valence-electron chi connectivity index (χ1n) is 24.0. The summed E-state index contributed by atoms with van der Waals surface area (Å²) in [5.74, 6) is 2.14. The molecule has 360 valence electrons. The number of ether oxygens (including phenoxy) is 3. The maximum Gasteiger partial charge on any atom is 0.222 e. The van der Waals surface area contributed by atoms with Crippen molar-refractivity contribution in [3.63, 3.8) is 0 Å². The minimum absolute atomic E-state index is 0.405. The molecule has 3 N–H and O–H groups in total. The van der Waals surface area contributed by atoms with E-state index in [1.54, 1.807) is 43.4 Å². The average Bonchev–Trinajstić information content (AvgIpc) is 3.41. The van der Waals surface area contributed by atoms with Crippen molar-refractivity contribution in [2.24, 2.45) is 0 Å². The molecule has 0 atom stereocenters. The fourth-order valence-electron chi connectivity index (χ4n) is 7.58. The molecule has 4 aromatic carbocycles. The smallest absolute Gasteiger partial charge is 0.222 e. The van der Waals surface area contributed by atoms with Gasteiger partial charge in [0.2, 0.25) is 11.9 Å². The van der Waals surface area contributed by atoms with Crippen molar-refractivity contribution in [3.8, 4) is 0 Å². The number of likely N-dealkylation sites (tertiary alicyclic amines) is 2. The number of hydrogen-bond acceptors (Lipinski definition) is 14. The molecule has 3 aromatic heterocycles. The molecule has 7 aromatic rings. The monoisotopic (exact) mass is 930 g/mol. The number of hydrogen-bond donors (Lipinski definition) is 3. The second kappa shape index (κ2) is 28.6. The van der Waals surface area contributed by atoms with Gasteiger partial charge in [-0.1, -0.05) is 103 Å². The third-order valence-corrected chi connectivity index (χ3v) is 11.8. The second-order valence-electron chi connectivity index (χ2n) is 17.4. The molecule has 0 amide bonds. The van der Waals surface area contributed by atoms with E-state index in [1.165, 1.54) is 38.9 Å². The van der Waals surface area contributed by atoms with E-state index >= 15 is 0 Å². The van der Waals surface area contributed by atoms with E-state index in [0.29, 0.717) is 57.1 Å². The Morgan fingerprint density at radius 3 is 1.23 bits per heavy atom. The molecule has 2 aliphatic rings.